The van der Waals surface area contributed by atoms with Gasteiger partial charge in [-0.05, 0) is 96.3 Å². The minimum Gasteiger partial charge on any atom is -0.462 e. The zero-order valence-electron chi connectivity index (χ0n) is 55.5. The van der Waals surface area contributed by atoms with E-state index >= 15 is 0 Å². The third kappa shape index (κ3) is 69.5. The molecule has 482 valence electrons. The molecule has 0 heterocycles. The number of hydrogen-bond acceptors (Lipinski definition) is 6. The molecule has 6 heteroatoms. The number of carbonyl (C=O) groups is 3. The number of unbranched alkanes of at least 4 members (excludes halogenated alkanes) is 44. The monoisotopic (exact) mass is 1160 g/mol. The predicted molar refractivity (Wildman–Crippen MR) is 362 cm³/mol. The van der Waals surface area contributed by atoms with Crippen LogP contribution in [-0.2, 0) is 28.6 Å². The maximum atomic E-state index is 13.0. The number of hydrogen-bond donors (Lipinski definition) is 0. The second-order valence-corrected chi connectivity index (χ2v) is 24.5. The summed E-state index contributed by atoms with van der Waals surface area (Å²) in [6.45, 7) is 6.66. The standard InChI is InChI=1S/C77H138O6/c1-4-7-10-13-16-19-22-25-27-29-31-33-35-36-37-38-39-40-42-43-45-47-49-52-55-58-61-64-67-70-76(79)82-73-74(72-81-75(78)69-66-63-60-57-54-51-24-21-18-15-12-9-6-3)83-77(80)71-68-65-62-59-56-53-50-48-46-44-41-34-32-30-28-26-23-20-17-14-11-8-5-2/h22-23,25-26,29-32,35-36,41,44,74H,4-21,24,27-28,33-34,37-40,42-43,45-73H2,1-3H3/b25-22-,26-23-,31-29-,32-30-,36-35-,44-41-. The Hall–Kier alpha value is -3.15. The summed E-state index contributed by atoms with van der Waals surface area (Å²) >= 11 is 0. The van der Waals surface area contributed by atoms with Crippen LogP contribution in [0, 0.1) is 0 Å². The second kappa shape index (κ2) is 71.3. The predicted octanol–water partition coefficient (Wildman–Crippen LogP) is 25.2. The summed E-state index contributed by atoms with van der Waals surface area (Å²) in [4.78, 5) is 38.5. The molecule has 0 amide bonds. The molecule has 0 aromatic rings. The van der Waals surface area contributed by atoms with E-state index in [0.717, 1.165) is 89.9 Å². The van der Waals surface area contributed by atoms with Gasteiger partial charge in [0.25, 0.3) is 0 Å². The van der Waals surface area contributed by atoms with Crippen LogP contribution in [0.5, 0.6) is 0 Å². The van der Waals surface area contributed by atoms with E-state index in [-0.39, 0.29) is 31.1 Å². The van der Waals surface area contributed by atoms with E-state index in [2.05, 4.69) is 93.7 Å². The van der Waals surface area contributed by atoms with Crippen molar-refractivity contribution in [3.8, 4) is 0 Å². The molecule has 0 saturated heterocycles. The first-order valence-electron chi connectivity index (χ1n) is 36.4. The Bertz CT molecular complexity index is 1520. The van der Waals surface area contributed by atoms with Gasteiger partial charge >= 0.3 is 17.9 Å². The summed E-state index contributed by atoms with van der Waals surface area (Å²) in [6.07, 6.45) is 93.6. The van der Waals surface area contributed by atoms with E-state index in [1.807, 2.05) is 0 Å². The number of carbonyl (C=O) groups excluding carboxylic acids is 3. The average molecular weight is 1160 g/mol. The number of allylic oxidation sites excluding steroid dienone is 12. The zero-order chi connectivity index (χ0) is 59.9. The third-order valence-corrected chi connectivity index (χ3v) is 16.2. The first-order valence-corrected chi connectivity index (χ1v) is 36.4. The van der Waals surface area contributed by atoms with Crippen LogP contribution in [0.4, 0.5) is 0 Å². The maximum Gasteiger partial charge on any atom is 0.306 e. The molecule has 0 aliphatic carbocycles. The molecule has 0 N–H and O–H groups in total. The highest BCUT2D eigenvalue weighted by atomic mass is 16.6. The fourth-order valence-corrected chi connectivity index (χ4v) is 10.7. The average Bonchev–Trinajstić information content (AvgIpc) is 3.49. The minimum atomic E-state index is -0.779. The van der Waals surface area contributed by atoms with E-state index in [4.69, 9.17) is 14.2 Å². The van der Waals surface area contributed by atoms with E-state index in [9.17, 15) is 14.4 Å². The minimum absolute atomic E-state index is 0.0742. The molecule has 0 radical (unpaired) electrons. The van der Waals surface area contributed by atoms with E-state index < -0.39 is 6.10 Å². The Kier molecular flexibility index (Phi) is 68.6. The van der Waals surface area contributed by atoms with Gasteiger partial charge in [-0.15, -0.1) is 0 Å². The molecule has 0 spiro atoms. The SMILES string of the molecule is CCCCCCC/C=C\C/C=C\C/C=C\CCCCCCCCCCCCCCCCC(=O)OCC(COC(=O)CCCCCCCCCCCCCCC)OC(=O)CCCCCCCCCC/C=C\C/C=C\C/C=C\CCCCCCC. The molecule has 0 rings (SSSR count). The van der Waals surface area contributed by atoms with Gasteiger partial charge in [0, 0.05) is 19.3 Å². The van der Waals surface area contributed by atoms with Gasteiger partial charge in [0.15, 0.2) is 6.10 Å². The molecule has 6 nitrogen and oxygen atoms in total. The highest BCUT2D eigenvalue weighted by molar-refractivity contribution is 5.71. The van der Waals surface area contributed by atoms with Crippen molar-refractivity contribution in [1.82, 2.24) is 0 Å². The zero-order valence-corrected chi connectivity index (χ0v) is 55.5. The summed E-state index contributed by atoms with van der Waals surface area (Å²) in [5.41, 5.74) is 0. The van der Waals surface area contributed by atoms with Crippen molar-refractivity contribution in [2.45, 2.75) is 386 Å². The summed E-state index contributed by atoms with van der Waals surface area (Å²) < 4.78 is 17.0. The first kappa shape index (κ1) is 79.8. The third-order valence-electron chi connectivity index (χ3n) is 16.2. The molecule has 0 saturated carbocycles. The van der Waals surface area contributed by atoms with Crippen molar-refractivity contribution in [3.05, 3.63) is 72.9 Å². The molecular weight excluding hydrogens is 1020 g/mol. The number of ether oxygens (including phenoxy) is 3. The summed E-state index contributed by atoms with van der Waals surface area (Å²) in [5, 5.41) is 0. The van der Waals surface area contributed by atoms with E-state index in [1.165, 1.54) is 250 Å². The van der Waals surface area contributed by atoms with Gasteiger partial charge in [0.2, 0.25) is 0 Å². The van der Waals surface area contributed by atoms with Gasteiger partial charge in [-0.2, -0.15) is 0 Å². The maximum absolute atomic E-state index is 13.0. The van der Waals surface area contributed by atoms with Crippen molar-refractivity contribution in [2.75, 3.05) is 13.2 Å². The molecule has 0 aliphatic rings. The van der Waals surface area contributed by atoms with Crippen molar-refractivity contribution in [1.29, 1.82) is 0 Å². The Labute approximate surface area is 516 Å². The van der Waals surface area contributed by atoms with Crippen molar-refractivity contribution in [3.63, 3.8) is 0 Å². The lowest BCUT2D eigenvalue weighted by atomic mass is 10.0. The smallest absolute Gasteiger partial charge is 0.306 e. The van der Waals surface area contributed by atoms with Crippen LogP contribution in [0.1, 0.15) is 380 Å². The van der Waals surface area contributed by atoms with Crippen LogP contribution in [0.25, 0.3) is 0 Å². The molecule has 1 atom stereocenters. The first-order chi connectivity index (χ1) is 41.0. The summed E-state index contributed by atoms with van der Waals surface area (Å²) in [6, 6.07) is 0. The fourth-order valence-electron chi connectivity index (χ4n) is 10.7. The molecule has 0 aromatic heterocycles. The molecule has 0 fully saturated rings. The topological polar surface area (TPSA) is 78.9 Å². The van der Waals surface area contributed by atoms with Crippen LogP contribution < -0.4 is 0 Å². The molecule has 0 aromatic carbocycles. The van der Waals surface area contributed by atoms with Gasteiger partial charge in [-0.25, -0.2) is 0 Å². The van der Waals surface area contributed by atoms with Crippen LogP contribution in [0.2, 0.25) is 0 Å². The quantitative estimate of drug-likeness (QED) is 0.0261. The second-order valence-electron chi connectivity index (χ2n) is 24.5. The molecule has 0 bridgehead atoms. The van der Waals surface area contributed by atoms with Crippen LogP contribution >= 0.6 is 0 Å². The highest BCUT2D eigenvalue weighted by Gasteiger charge is 2.19. The Morgan fingerprint density at radius 3 is 0.675 bits per heavy atom. The highest BCUT2D eigenvalue weighted by Crippen LogP contribution is 2.18. The normalized spacial score (nSPS) is 12.5. The van der Waals surface area contributed by atoms with Gasteiger partial charge in [-0.3, -0.25) is 14.4 Å². The summed E-state index contributed by atoms with van der Waals surface area (Å²) in [5.74, 6) is -0.860. The van der Waals surface area contributed by atoms with Gasteiger partial charge in [-0.1, -0.05) is 338 Å². The van der Waals surface area contributed by atoms with Gasteiger partial charge in [0.05, 0.1) is 0 Å². The van der Waals surface area contributed by atoms with Crippen LogP contribution in [-0.4, -0.2) is 37.2 Å². The van der Waals surface area contributed by atoms with Gasteiger partial charge in [0.1, 0.15) is 13.2 Å². The lowest BCUT2D eigenvalue weighted by Gasteiger charge is -2.18. The molecule has 1 unspecified atom stereocenters. The lowest BCUT2D eigenvalue weighted by Crippen LogP contribution is -2.30. The Morgan fingerprint density at radius 2 is 0.434 bits per heavy atom. The lowest BCUT2D eigenvalue weighted by molar-refractivity contribution is -0.167. The van der Waals surface area contributed by atoms with Crippen molar-refractivity contribution in [2.24, 2.45) is 0 Å². The Balaban J connectivity index is 4.25. The van der Waals surface area contributed by atoms with E-state index in [1.54, 1.807) is 0 Å². The van der Waals surface area contributed by atoms with Crippen molar-refractivity contribution < 1.29 is 28.6 Å². The van der Waals surface area contributed by atoms with E-state index in [0.29, 0.717) is 19.3 Å². The fraction of sp³-hybridized carbons (Fsp3) is 0.805. The molecule has 83 heavy (non-hydrogen) atoms. The number of rotatable bonds is 67. The molecule has 0 aliphatic heterocycles. The van der Waals surface area contributed by atoms with Crippen molar-refractivity contribution >= 4 is 17.9 Å². The largest absolute Gasteiger partial charge is 0.462 e. The number of esters is 3. The van der Waals surface area contributed by atoms with Crippen LogP contribution in [0.15, 0.2) is 72.9 Å². The van der Waals surface area contributed by atoms with Gasteiger partial charge < -0.3 is 14.2 Å². The molecular formula is C77H138O6. The van der Waals surface area contributed by atoms with Crippen LogP contribution in [0.3, 0.4) is 0 Å². The Morgan fingerprint density at radius 1 is 0.241 bits per heavy atom. The summed E-state index contributed by atoms with van der Waals surface area (Å²) in [7, 11) is 0.